The summed E-state index contributed by atoms with van der Waals surface area (Å²) in [4.78, 5) is 23.8. The molecule has 202 valence electrons. The van der Waals surface area contributed by atoms with Crippen LogP contribution in [0, 0.1) is 20.8 Å². The zero-order chi connectivity index (χ0) is 28.6. The van der Waals surface area contributed by atoms with Crippen LogP contribution < -0.4 is 14.8 Å². The second-order valence-electron chi connectivity index (χ2n) is 8.60. The van der Waals surface area contributed by atoms with E-state index in [9.17, 15) is 27.9 Å². The van der Waals surface area contributed by atoms with Gasteiger partial charge in [0, 0.05) is 6.08 Å². The second-order valence-corrected chi connectivity index (χ2v) is 8.60. The van der Waals surface area contributed by atoms with Crippen molar-refractivity contribution in [2.24, 2.45) is 0 Å². The van der Waals surface area contributed by atoms with Crippen LogP contribution in [0.4, 0.5) is 18.9 Å². The van der Waals surface area contributed by atoms with Gasteiger partial charge in [0.05, 0.1) is 18.4 Å². The Kier molecular flexibility index (Phi) is 10.1. The van der Waals surface area contributed by atoms with E-state index in [1.807, 2.05) is 52.0 Å². The first-order chi connectivity index (χ1) is 17.7. The number of rotatable bonds is 9. The highest BCUT2D eigenvalue weighted by molar-refractivity contribution is 6.05. The molecule has 0 atom stereocenters. The van der Waals surface area contributed by atoms with Crippen LogP contribution in [0.1, 0.15) is 46.5 Å². The fourth-order valence-electron chi connectivity index (χ4n) is 3.59. The van der Waals surface area contributed by atoms with E-state index in [1.54, 1.807) is 26.2 Å². The molecule has 38 heavy (non-hydrogen) atoms. The number of methoxy groups -OCH3 is 1. The van der Waals surface area contributed by atoms with Gasteiger partial charge in [-0.2, -0.15) is 0 Å². The zero-order valence-corrected chi connectivity index (χ0v) is 22.0. The number of ether oxygens (including phenoxy) is 2. The molecule has 9 heteroatoms. The summed E-state index contributed by atoms with van der Waals surface area (Å²) in [5, 5.41) is 11.7. The summed E-state index contributed by atoms with van der Waals surface area (Å²) in [5.41, 5.74) is 5.28. The number of halogens is 3. The average Bonchev–Trinajstić information content (AvgIpc) is 2.81. The zero-order valence-electron chi connectivity index (χ0n) is 22.0. The topological polar surface area (TPSA) is 84.9 Å². The first-order valence-corrected chi connectivity index (χ1v) is 11.5. The van der Waals surface area contributed by atoms with Crippen molar-refractivity contribution in [1.29, 1.82) is 0 Å². The lowest BCUT2D eigenvalue weighted by molar-refractivity contribution is -0.274. The van der Waals surface area contributed by atoms with Crippen LogP contribution in [0.5, 0.6) is 11.5 Å². The molecule has 0 aliphatic rings. The molecule has 0 radical (unpaired) electrons. The number of carbonyl (C=O) groups excluding carboxylic acids is 1. The third-order valence-corrected chi connectivity index (χ3v) is 5.63. The molecule has 0 saturated carbocycles. The third-order valence-electron chi connectivity index (χ3n) is 5.63. The largest absolute Gasteiger partial charge is 0.573 e. The lowest BCUT2D eigenvalue weighted by Gasteiger charge is -2.13. The molecular formula is C29H30F3NO5. The van der Waals surface area contributed by atoms with Gasteiger partial charge in [0.15, 0.2) is 0 Å². The highest BCUT2D eigenvalue weighted by atomic mass is 19.4. The van der Waals surface area contributed by atoms with Crippen molar-refractivity contribution in [3.63, 3.8) is 0 Å². The van der Waals surface area contributed by atoms with Gasteiger partial charge < -0.3 is 19.9 Å². The van der Waals surface area contributed by atoms with E-state index < -0.39 is 29.6 Å². The van der Waals surface area contributed by atoms with Gasteiger partial charge in [-0.1, -0.05) is 36.0 Å². The summed E-state index contributed by atoms with van der Waals surface area (Å²) in [6, 6.07) is 4.65. The number of hydrogen-bond acceptors (Lipinski definition) is 4. The molecule has 2 aromatic rings. The molecular weight excluding hydrogens is 499 g/mol. The maximum atomic E-state index is 12.4. The van der Waals surface area contributed by atoms with Gasteiger partial charge in [0.25, 0.3) is 0 Å². The van der Waals surface area contributed by atoms with Gasteiger partial charge in [-0.3, -0.25) is 4.79 Å². The molecule has 2 rings (SSSR count). The smallest absolute Gasteiger partial charge is 0.496 e. The molecule has 0 heterocycles. The van der Waals surface area contributed by atoms with Gasteiger partial charge >= 0.3 is 12.3 Å². The summed E-state index contributed by atoms with van der Waals surface area (Å²) < 4.78 is 46.4. The highest BCUT2D eigenvalue weighted by Gasteiger charge is 2.31. The molecule has 0 saturated heterocycles. The summed E-state index contributed by atoms with van der Waals surface area (Å²) in [6.07, 6.45) is 5.63. The fourth-order valence-corrected chi connectivity index (χ4v) is 3.59. The lowest BCUT2D eigenvalue weighted by Crippen LogP contribution is -2.18. The molecule has 0 bridgehead atoms. The number of carboxylic acids is 1. The molecule has 2 N–H and O–H groups in total. The maximum absolute atomic E-state index is 12.4. The molecule has 0 aromatic heterocycles. The Bertz CT molecular complexity index is 1330. The highest BCUT2D eigenvalue weighted by Crippen LogP contribution is 2.29. The minimum atomic E-state index is -4.97. The Hall–Kier alpha value is -4.27. The van der Waals surface area contributed by atoms with Gasteiger partial charge in [-0.15, -0.1) is 13.2 Å². The minimum Gasteiger partial charge on any atom is -0.496 e. The quantitative estimate of drug-likeness (QED) is 0.263. The number of nitrogens with one attached hydrogen (secondary N) is 1. The Labute approximate surface area is 219 Å². The van der Waals surface area contributed by atoms with Crippen LogP contribution in [0.3, 0.4) is 0 Å². The summed E-state index contributed by atoms with van der Waals surface area (Å²) in [6.45, 7) is 9.71. The normalized spacial score (nSPS) is 12.8. The fraction of sp³-hybridized carbons (Fsp3) is 0.241. The number of aryl methyl sites for hydroxylation is 1. The molecule has 0 aliphatic heterocycles. The molecule has 0 spiro atoms. The van der Waals surface area contributed by atoms with Crippen molar-refractivity contribution >= 4 is 23.6 Å². The summed E-state index contributed by atoms with van der Waals surface area (Å²) >= 11 is 0. The summed E-state index contributed by atoms with van der Waals surface area (Å²) in [5.74, 6) is -2.01. The van der Waals surface area contributed by atoms with E-state index in [-0.39, 0.29) is 5.69 Å². The van der Waals surface area contributed by atoms with E-state index in [2.05, 4.69) is 10.1 Å². The van der Waals surface area contributed by atoms with E-state index in [0.717, 1.165) is 45.7 Å². The number of amides is 1. The predicted molar refractivity (Wildman–Crippen MR) is 142 cm³/mol. The Morgan fingerprint density at radius 2 is 1.68 bits per heavy atom. The predicted octanol–water partition coefficient (Wildman–Crippen LogP) is 7.32. The van der Waals surface area contributed by atoms with Crippen molar-refractivity contribution in [2.75, 3.05) is 12.4 Å². The van der Waals surface area contributed by atoms with Gasteiger partial charge in [-0.05, 0) is 86.7 Å². The van der Waals surface area contributed by atoms with Crippen molar-refractivity contribution in [1.82, 2.24) is 0 Å². The molecule has 6 nitrogen and oxygen atoms in total. The lowest BCUT2D eigenvalue weighted by atomic mass is 9.96. The third kappa shape index (κ3) is 8.69. The van der Waals surface area contributed by atoms with Crippen molar-refractivity contribution in [3.05, 3.63) is 93.6 Å². The van der Waals surface area contributed by atoms with Crippen LogP contribution in [-0.4, -0.2) is 30.5 Å². The number of allylic oxidation sites excluding steroid dienone is 6. The number of hydrogen-bond donors (Lipinski definition) is 2. The van der Waals surface area contributed by atoms with Gasteiger partial charge in [0.1, 0.15) is 11.5 Å². The number of benzene rings is 2. The standard InChI is InChI=1S/C29H30F3NO5/c1-17(10-12-23-19(3)15-26(37-6)21(5)20(23)4)8-7-9-18(2)14-27(34)33-25-13-11-22(38-29(30,31)32)16-24(25)28(35)36/h7-16H,1-6H3,(H,33,34)(H,35,36)/b9-7+,12-10+,17-8+,18-14+. The average molecular weight is 530 g/mol. The Morgan fingerprint density at radius 1 is 1.00 bits per heavy atom. The van der Waals surface area contributed by atoms with E-state index in [1.165, 1.54) is 6.08 Å². The van der Waals surface area contributed by atoms with E-state index in [4.69, 9.17) is 4.74 Å². The van der Waals surface area contributed by atoms with Gasteiger partial charge in [-0.25, -0.2) is 4.79 Å². The van der Waals surface area contributed by atoms with Crippen LogP contribution in [-0.2, 0) is 4.79 Å². The van der Waals surface area contributed by atoms with Crippen molar-refractivity contribution in [3.8, 4) is 11.5 Å². The van der Waals surface area contributed by atoms with Crippen LogP contribution in [0.15, 0.2) is 65.8 Å². The minimum absolute atomic E-state index is 0.162. The first-order valence-electron chi connectivity index (χ1n) is 11.5. The SMILES string of the molecule is COc1cc(C)c(/C=C/C(C)=C/C=C/C(C)=C/C(=O)Nc2ccc(OC(F)(F)F)cc2C(=O)O)c(C)c1C. The molecule has 2 aromatic carbocycles. The Balaban J connectivity index is 2.10. The number of alkyl halides is 3. The van der Waals surface area contributed by atoms with Crippen molar-refractivity contribution in [2.45, 2.75) is 41.0 Å². The number of carboxylic acid groups (broad SMARTS) is 1. The Morgan fingerprint density at radius 3 is 2.29 bits per heavy atom. The van der Waals surface area contributed by atoms with Gasteiger partial charge in [0.2, 0.25) is 5.91 Å². The molecule has 0 unspecified atom stereocenters. The van der Waals surface area contributed by atoms with Crippen LogP contribution in [0.25, 0.3) is 6.08 Å². The second kappa shape index (κ2) is 12.8. The van der Waals surface area contributed by atoms with E-state index in [0.29, 0.717) is 11.6 Å². The van der Waals surface area contributed by atoms with Crippen molar-refractivity contribution < 1.29 is 37.3 Å². The molecule has 0 aliphatic carbocycles. The molecule has 1 amide bonds. The summed E-state index contributed by atoms with van der Waals surface area (Å²) in [7, 11) is 1.65. The first kappa shape index (κ1) is 30.0. The maximum Gasteiger partial charge on any atom is 0.573 e. The monoisotopic (exact) mass is 529 g/mol. The van der Waals surface area contributed by atoms with Crippen LogP contribution >= 0.6 is 0 Å². The number of anilines is 1. The number of carbonyl (C=O) groups is 2. The molecule has 0 fully saturated rings. The van der Waals surface area contributed by atoms with Crippen LogP contribution in [0.2, 0.25) is 0 Å². The number of aromatic carboxylic acids is 1. The van der Waals surface area contributed by atoms with E-state index >= 15 is 0 Å².